The van der Waals surface area contributed by atoms with Crippen LogP contribution in [-0.2, 0) is 25.7 Å². The molecule has 2 aromatic carbocycles. The van der Waals surface area contributed by atoms with Gasteiger partial charge >= 0.3 is 0 Å². The molecule has 0 N–H and O–H groups in total. The number of hydrogen-bond acceptors (Lipinski definition) is 1. The van der Waals surface area contributed by atoms with Gasteiger partial charge in [-0.15, -0.1) is 0 Å². The number of nitrogens with zero attached hydrogens (tertiary/aromatic N) is 1. The monoisotopic (exact) mass is 303 g/mol. The first-order chi connectivity index (χ1) is 11.3. The molecule has 0 spiro atoms. The molecule has 1 nitrogen and oxygen atoms in total. The van der Waals surface area contributed by atoms with Crippen LogP contribution in [0, 0.1) is 17.2 Å². The maximum atomic E-state index is 9.00. The Hall–Kier alpha value is -2.07. The molecule has 1 aliphatic rings. The van der Waals surface area contributed by atoms with Crippen LogP contribution in [0.25, 0.3) is 0 Å². The summed E-state index contributed by atoms with van der Waals surface area (Å²) in [7, 11) is 0. The predicted octanol–water partition coefficient (Wildman–Crippen LogP) is 5.25. The molecule has 23 heavy (non-hydrogen) atoms. The lowest BCUT2D eigenvalue weighted by Gasteiger charge is -2.24. The van der Waals surface area contributed by atoms with Crippen molar-refractivity contribution in [1.29, 1.82) is 5.26 Å². The third-order valence-corrected chi connectivity index (χ3v) is 5.07. The Kier molecular flexibility index (Phi) is 5.13. The fourth-order valence-electron chi connectivity index (χ4n) is 3.68. The SMILES string of the molecule is CCCc1ccc(CCC2CCc3cc(C#N)ccc3C2)cc1. The lowest BCUT2D eigenvalue weighted by atomic mass is 9.80. The van der Waals surface area contributed by atoms with E-state index < -0.39 is 0 Å². The minimum atomic E-state index is 0.783. The van der Waals surface area contributed by atoms with Gasteiger partial charge in [0, 0.05) is 0 Å². The van der Waals surface area contributed by atoms with Crippen LogP contribution < -0.4 is 0 Å². The van der Waals surface area contributed by atoms with Gasteiger partial charge in [0.15, 0.2) is 0 Å². The number of fused-ring (bicyclic) bond motifs is 1. The molecule has 0 aromatic heterocycles. The largest absolute Gasteiger partial charge is 0.192 e. The summed E-state index contributed by atoms with van der Waals surface area (Å²) >= 11 is 0. The van der Waals surface area contributed by atoms with E-state index in [1.807, 2.05) is 6.07 Å². The molecule has 0 aliphatic heterocycles. The van der Waals surface area contributed by atoms with E-state index in [0.717, 1.165) is 17.9 Å². The first kappa shape index (κ1) is 15.8. The molecular formula is C22H25N. The van der Waals surface area contributed by atoms with Crippen molar-refractivity contribution in [3.8, 4) is 6.07 Å². The first-order valence-corrected chi connectivity index (χ1v) is 8.88. The van der Waals surface area contributed by atoms with Gasteiger partial charge in [0.25, 0.3) is 0 Å². The van der Waals surface area contributed by atoms with E-state index in [-0.39, 0.29) is 0 Å². The van der Waals surface area contributed by atoms with Gasteiger partial charge in [-0.05, 0) is 78.8 Å². The van der Waals surface area contributed by atoms with Crippen molar-refractivity contribution in [2.75, 3.05) is 0 Å². The summed E-state index contributed by atoms with van der Waals surface area (Å²) in [5.41, 5.74) is 6.57. The van der Waals surface area contributed by atoms with Crippen LogP contribution in [0.1, 0.15) is 54.0 Å². The van der Waals surface area contributed by atoms with Crippen LogP contribution in [-0.4, -0.2) is 0 Å². The Bertz CT molecular complexity index is 691. The molecule has 1 atom stereocenters. The van der Waals surface area contributed by atoms with Crippen molar-refractivity contribution in [2.45, 2.75) is 51.9 Å². The van der Waals surface area contributed by atoms with Crippen LogP contribution in [0.5, 0.6) is 0 Å². The van der Waals surface area contributed by atoms with Gasteiger partial charge in [-0.25, -0.2) is 0 Å². The van der Waals surface area contributed by atoms with Gasteiger partial charge in [0.1, 0.15) is 0 Å². The molecule has 0 heterocycles. The van der Waals surface area contributed by atoms with Crippen LogP contribution in [0.2, 0.25) is 0 Å². The van der Waals surface area contributed by atoms with Gasteiger partial charge < -0.3 is 0 Å². The molecule has 3 rings (SSSR count). The minimum absolute atomic E-state index is 0.783. The summed E-state index contributed by atoms with van der Waals surface area (Å²) in [5.74, 6) is 0.783. The molecule has 0 saturated heterocycles. The molecule has 0 saturated carbocycles. The van der Waals surface area contributed by atoms with Crippen molar-refractivity contribution in [3.05, 3.63) is 70.3 Å². The highest BCUT2D eigenvalue weighted by Gasteiger charge is 2.18. The molecule has 0 amide bonds. The molecule has 118 valence electrons. The average Bonchev–Trinajstić information content (AvgIpc) is 2.61. The van der Waals surface area contributed by atoms with Gasteiger partial charge in [-0.1, -0.05) is 43.7 Å². The van der Waals surface area contributed by atoms with Crippen LogP contribution in [0.4, 0.5) is 0 Å². The number of nitriles is 1. The highest BCUT2D eigenvalue weighted by atomic mass is 14.3. The number of aryl methyl sites for hydroxylation is 3. The van der Waals surface area contributed by atoms with Crippen molar-refractivity contribution < 1.29 is 0 Å². The zero-order chi connectivity index (χ0) is 16.1. The van der Waals surface area contributed by atoms with Gasteiger partial charge in [-0.3, -0.25) is 0 Å². The van der Waals surface area contributed by atoms with E-state index in [1.54, 1.807) is 0 Å². The second-order valence-electron chi connectivity index (χ2n) is 6.81. The van der Waals surface area contributed by atoms with Gasteiger partial charge in [-0.2, -0.15) is 5.26 Å². The maximum Gasteiger partial charge on any atom is 0.0991 e. The summed E-state index contributed by atoms with van der Waals surface area (Å²) in [4.78, 5) is 0. The fraction of sp³-hybridized carbons (Fsp3) is 0.409. The zero-order valence-electron chi connectivity index (χ0n) is 14.0. The Morgan fingerprint density at radius 1 is 1.00 bits per heavy atom. The smallest absolute Gasteiger partial charge is 0.0991 e. The minimum Gasteiger partial charge on any atom is -0.192 e. The Morgan fingerprint density at radius 3 is 2.43 bits per heavy atom. The lowest BCUT2D eigenvalue weighted by molar-refractivity contribution is 0.427. The van der Waals surface area contributed by atoms with Crippen molar-refractivity contribution in [2.24, 2.45) is 5.92 Å². The molecule has 0 radical (unpaired) electrons. The predicted molar refractivity (Wildman–Crippen MR) is 95.4 cm³/mol. The summed E-state index contributed by atoms with van der Waals surface area (Å²) in [6.07, 6.45) is 8.42. The Labute approximate surface area is 140 Å². The number of benzene rings is 2. The Morgan fingerprint density at radius 2 is 1.74 bits per heavy atom. The fourth-order valence-corrected chi connectivity index (χ4v) is 3.68. The normalized spacial score (nSPS) is 16.6. The maximum absolute atomic E-state index is 9.00. The first-order valence-electron chi connectivity index (χ1n) is 8.88. The number of hydrogen-bond donors (Lipinski definition) is 0. The van der Waals surface area contributed by atoms with E-state index in [1.165, 1.54) is 60.8 Å². The summed E-state index contributed by atoms with van der Waals surface area (Å²) in [6.45, 7) is 2.23. The second kappa shape index (κ2) is 7.47. The zero-order valence-corrected chi connectivity index (χ0v) is 14.0. The van der Waals surface area contributed by atoms with Crippen LogP contribution in [0.15, 0.2) is 42.5 Å². The number of rotatable bonds is 5. The third kappa shape index (κ3) is 4.02. The molecule has 1 unspecified atom stereocenters. The highest BCUT2D eigenvalue weighted by molar-refractivity contribution is 5.39. The van der Waals surface area contributed by atoms with E-state index in [4.69, 9.17) is 5.26 Å². The standard InChI is InChI=1S/C22H25N/c1-2-3-17-4-6-18(7-5-17)8-9-19-10-12-22-15-20(16-23)11-13-21(22)14-19/h4-7,11,13,15,19H,2-3,8-10,12,14H2,1H3. The molecule has 2 aromatic rings. The van der Waals surface area contributed by atoms with E-state index >= 15 is 0 Å². The molecule has 0 fully saturated rings. The second-order valence-corrected chi connectivity index (χ2v) is 6.81. The van der Waals surface area contributed by atoms with Crippen molar-refractivity contribution >= 4 is 0 Å². The summed E-state index contributed by atoms with van der Waals surface area (Å²) < 4.78 is 0. The van der Waals surface area contributed by atoms with Gasteiger partial charge in [0.05, 0.1) is 11.6 Å². The average molecular weight is 303 g/mol. The molecule has 1 heteroatoms. The molecule has 1 aliphatic carbocycles. The van der Waals surface area contributed by atoms with Crippen molar-refractivity contribution in [1.82, 2.24) is 0 Å². The lowest BCUT2D eigenvalue weighted by Crippen LogP contribution is -2.15. The molecule has 0 bridgehead atoms. The Balaban J connectivity index is 1.56. The van der Waals surface area contributed by atoms with Crippen molar-refractivity contribution in [3.63, 3.8) is 0 Å². The molecular weight excluding hydrogens is 278 g/mol. The van der Waals surface area contributed by atoms with E-state index in [9.17, 15) is 0 Å². The third-order valence-electron chi connectivity index (χ3n) is 5.07. The van der Waals surface area contributed by atoms with E-state index in [2.05, 4.69) is 49.4 Å². The highest BCUT2D eigenvalue weighted by Crippen LogP contribution is 2.29. The van der Waals surface area contributed by atoms with Crippen LogP contribution >= 0.6 is 0 Å². The quantitative estimate of drug-likeness (QED) is 0.740. The summed E-state index contributed by atoms with van der Waals surface area (Å²) in [6, 6.07) is 17.7. The van der Waals surface area contributed by atoms with E-state index in [0.29, 0.717) is 0 Å². The van der Waals surface area contributed by atoms with Gasteiger partial charge in [0.2, 0.25) is 0 Å². The topological polar surface area (TPSA) is 23.8 Å². The van der Waals surface area contributed by atoms with Crippen LogP contribution in [0.3, 0.4) is 0 Å². The summed E-state index contributed by atoms with van der Waals surface area (Å²) in [5, 5.41) is 9.00.